The second-order valence-corrected chi connectivity index (χ2v) is 9.17. The molecular formula is C19H30O4. The van der Waals surface area contributed by atoms with E-state index in [1.165, 1.54) is 5.57 Å². The van der Waals surface area contributed by atoms with Crippen LogP contribution in [0.1, 0.15) is 59.8 Å². The van der Waals surface area contributed by atoms with Crippen LogP contribution in [-0.2, 0) is 4.79 Å². The molecule has 0 bridgehead atoms. The maximum absolute atomic E-state index is 11.6. The van der Waals surface area contributed by atoms with Crippen molar-refractivity contribution in [1.29, 1.82) is 0 Å². The molecule has 3 N–H and O–H groups in total. The van der Waals surface area contributed by atoms with Crippen LogP contribution in [0.4, 0.5) is 0 Å². The van der Waals surface area contributed by atoms with E-state index < -0.39 is 23.6 Å². The summed E-state index contributed by atoms with van der Waals surface area (Å²) in [6.07, 6.45) is 4.62. The Kier molecular flexibility index (Phi) is 3.73. The zero-order chi connectivity index (χ0) is 17.2. The predicted molar refractivity (Wildman–Crippen MR) is 87.8 cm³/mol. The number of fused-ring (bicyclic) bond motifs is 3. The van der Waals surface area contributed by atoms with Gasteiger partial charge < -0.3 is 15.3 Å². The van der Waals surface area contributed by atoms with Crippen molar-refractivity contribution < 1.29 is 20.1 Å². The van der Waals surface area contributed by atoms with Gasteiger partial charge >= 0.3 is 5.97 Å². The second kappa shape index (κ2) is 5.06. The largest absolute Gasteiger partial charge is 0.481 e. The monoisotopic (exact) mass is 322 g/mol. The first-order chi connectivity index (χ1) is 10.5. The molecule has 3 rings (SSSR count). The van der Waals surface area contributed by atoms with Gasteiger partial charge in [-0.15, -0.1) is 0 Å². The van der Waals surface area contributed by atoms with E-state index in [9.17, 15) is 20.1 Å². The topological polar surface area (TPSA) is 77.8 Å². The van der Waals surface area contributed by atoms with Crippen LogP contribution in [-0.4, -0.2) is 33.5 Å². The molecular weight excluding hydrogens is 292 g/mol. The Hall–Kier alpha value is -0.870. The Morgan fingerprint density at radius 3 is 2.43 bits per heavy atom. The van der Waals surface area contributed by atoms with Crippen molar-refractivity contribution in [2.45, 2.75) is 72.0 Å². The van der Waals surface area contributed by atoms with Gasteiger partial charge in [-0.1, -0.05) is 32.4 Å². The summed E-state index contributed by atoms with van der Waals surface area (Å²) in [6.45, 7) is 8.20. The van der Waals surface area contributed by atoms with Crippen LogP contribution in [0, 0.1) is 28.1 Å². The Morgan fingerprint density at radius 1 is 1.17 bits per heavy atom. The molecule has 2 fully saturated rings. The number of hydrogen-bond donors (Lipinski definition) is 3. The molecule has 23 heavy (non-hydrogen) atoms. The number of carbonyl (C=O) groups is 1. The van der Waals surface area contributed by atoms with Crippen molar-refractivity contribution in [2.24, 2.45) is 28.1 Å². The van der Waals surface area contributed by atoms with Gasteiger partial charge in [0.15, 0.2) is 0 Å². The van der Waals surface area contributed by atoms with Gasteiger partial charge in [-0.2, -0.15) is 0 Å². The van der Waals surface area contributed by atoms with Crippen LogP contribution in [0.3, 0.4) is 0 Å². The molecule has 4 nitrogen and oxygen atoms in total. The fraction of sp³-hybridized carbons (Fsp3) is 0.842. The molecule has 3 aliphatic rings. The van der Waals surface area contributed by atoms with Crippen molar-refractivity contribution in [3.05, 3.63) is 11.6 Å². The molecule has 0 amide bonds. The zero-order valence-corrected chi connectivity index (χ0v) is 14.7. The van der Waals surface area contributed by atoms with Gasteiger partial charge in [-0.3, -0.25) is 4.79 Å². The summed E-state index contributed by atoms with van der Waals surface area (Å²) < 4.78 is 0. The Balaban J connectivity index is 2.00. The predicted octanol–water partition coefficient (Wildman–Crippen LogP) is 2.98. The summed E-state index contributed by atoms with van der Waals surface area (Å²) in [7, 11) is 0. The molecule has 0 aliphatic heterocycles. The highest BCUT2D eigenvalue weighted by Gasteiger charge is 2.60. The van der Waals surface area contributed by atoms with Gasteiger partial charge in [0.2, 0.25) is 0 Å². The Labute approximate surface area is 138 Å². The smallest absolute Gasteiger partial charge is 0.313 e. The Morgan fingerprint density at radius 2 is 1.83 bits per heavy atom. The average Bonchev–Trinajstić information content (AvgIpc) is 2.44. The molecule has 0 spiro atoms. The number of allylic oxidation sites excluding steroid dienone is 1. The van der Waals surface area contributed by atoms with Gasteiger partial charge in [0.25, 0.3) is 0 Å². The number of hydrogen-bond acceptors (Lipinski definition) is 3. The maximum Gasteiger partial charge on any atom is 0.313 e. The van der Waals surface area contributed by atoms with E-state index >= 15 is 0 Å². The lowest BCUT2D eigenvalue weighted by Gasteiger charge is -2.61. The minimum atomic E-state index is -0.753. The van der Waals surface area contributed by atoms with Crippen molar-refractivity contribution in [2.75, 3.05) is 0 Å². The van der Waals surface area contributed by atoms with Crippen LogP contribution in [0.2, 0.25) is 0 Å². The average molecular weight is 322 g/mol. The maximum atomic E-state index is 11.6. The number of rotatable bonds is 1. The number of aliphatic hydroxyl groups is 2. The number of carboxylic acids is 1. The second-order valence-electron chi connectivity index (χ2n) is 9.17. The van der Waals surface area contributed by atoms with Crippen LogP contribution >= 0.6 is 0 Å². The summed E-state index contributed by atoms with van der Waals surface area (Å²) >= 11 is 0. The molecule has 0 unspecified atom stereocenters. The molecule has 0 aromatic carbocycles. The molecule has 3 aliphatic carbocycles. The lowest BCUT2D eigenvalue weighted by Crippen LogP contribution is -2.60. The molecule has 0 aromatic rings. The first-order valence-corrected chi connectivity index (χ1v) is 8.83. The van der Waals surface area contributed by atoms with Crippen LogP contribution in [0.15, 0.2) is 11.6 Å². The van der Waals surface area contributed by atoms with Gasteiger partial charge in [-0.25, -0.2) is 0 Å². The number of aliphatic hydroxyl groups excluding tert-OH is 2. The lowest BCUT2D eigenvalue weighted by atomic mass is 9.44. The quantitative estimate of drug-likeness (QED) is 0.649. The van der Waals surface area contributed by atoms with E-state index in [2.05, 4.69) is 20.8 Å². The molecule has 0 saturated heterocycles. The summed E-state index contributed by atoms with van der Waals surface area (Å²) in [5.74, 6) is -0.0602. The van der Waals surface area contributed by atoms with E-state index in [1.54, 1.807) is 0 Å². The molecule has 0 radical (unpaired) electrons. The minimum Gasteiger partial charge on any atom is -0.481 e. The molecule has 6 atom stereocenters. The zero-order valence-electron chi connectivity index (χ0n) is 14.7. The number of aliphatic carboxylic acids is 1. The summed E-state index contributed by atoms with van der Waals surface area (Å²) in [6, 6.07) is 0. The first-order valence-electron chi connectivity index (χ1n) is 8.83. The van der Waals surface area contributed by atoms with Gasteiger partial charge in [0.05, 0.1) is 17.6 Å². The SMILES string of the molecule is CC1(C)[C@H]2CCC3=C[C@@](C)(C(=O)O)CC[C@H]3[C@]2(C)C[C@H](O)[C@@H]1O. The van der Waals surface area contributed by atoms with E-state index in [4.69, 9.17) is 0 Å². The van der Waals surface area contributed by atoms with Crippen molar-refractivity contribution in [3.8, 4) is 0 Å². The molecule has 0 aromatic heterocycles. The Bertz CT molecular complexity index is 552. The lowest BCUT2D eigenvalue weighted by molar-refractivity contribution is -0.182. The molecule has 4 heteroatoms. The normalized spacial score (nSPS) is 48.9. The summed E-state index contributed by atoms with van der Waals surface area (Å²) in [4.78, 5) is 11.6. The molecule has 2 saturated carbocycles. The third kappa shape index (κ3) is 2.29. The highest BCUT2D eigenvalue weighted by atomic mass is 16.4. The van der Waals surface area contributed by atoms with Gasteiger partial charge in [-0.05, 0) is 61.7 Å². The van der Waals surface area contributed by atoms with E-state index in [1.807, 2.05) is 13.0 Å². The molecule has 130 valence electrons. The summed E-state index contributed by atoms with van der Waals surface area (Å²) in [5.41, 5.74) is 0.133. The summed E-state index contributed by atoms with van der Waals surface area (Å²) in [5, 5.41) is 30.4. The third-order valence-corrected chi connectivity index (χ3v) is 7.38. The van der Waals surface area contributed by atoms with Crippen molar-refractivity contribution in [1.82, 2.24) is 0 Å². The van der Waals surface area contributed by atoms with E-state index in [-0.39, 0.29) is 10.8 Å². The highest BCUT2D eigenvalue weighted by molar-refractivity contribution is 5.77. The van der Waals surface area contributed by atoms with Crippen molar-refractivity contribution in [3.63, 3.8) is 0 Å². The van der Waals surface area contributed by atoms with Crippen molar-refractivity contribution >= 4 is 5.97 Å². The van der Waals surface area contributed by atoms with Crippen LogP contribution in [0.5, 0.6) is 0 Å². The van der Waals surface area contributed by atoms with Gasteiger partial charge in [0.1, 0.15) is 0 Å². The third-order valence-electron chi connectivity index (χ3n) is 7.38. The molecule has 0 heterocycles. The standard InChI is InChI=1S/C19H30O4/c1-17(2)14-6-5-11-9-18(3,16(22)23)8-7-12(11)19(14,4)10-13(20)15(17)21/h9,12-15,20-21H,5-8,10H2,1-4H3,(H,22,23)/t12-,13+,14-,15+,18+,19+/m1/s1. The fourth-order valence-corrected chi connectivity index (χ4v) is 6.03. The number of carboxylic acid groups (broad SMARTS) is 1. The fourth-order valence-electron chi connectivity index (χ4n) is 6.03. The first kappa shape index (κ1) is 17.0. The van der Waals surface area contributed by atoms with E-state index in [0.29, 0.717) is 24.7 Å². The highest BCUT2D eigenvalue weighted by Crippen LogP contribution is 2.63. The van der Waals surface area contributed by atoms with E-state index in [0.717, 1.165) is 19.3 Å². The van der Waals surface area contributed by atoms with Gasteiger partial charge in [0, 0.05) is 0 Å². The van der Waals surface area contributed by atoms with Crippen LogP contribution in [0.25, 0.3) is 0 Å². The minimum absolute atomic E-state index is 0.0634. The van der Waals surface area contributed by atoms with Crippen LogP contribution < -0.4 is 0 Å².